The summed E-state index contributed by atoms with van der Waals surface area (Å²) in [4.78, 5) is 32.3. The SMILES string of the molecule is NC(=O)CCNc1nc2cc(F)c(F)cc2n2c(-c3ccc(C(=O)NC4CC4)c(Cl)c3)cnc12. The van der Waals surface area contributed by atoms with Crippen molar-refractivity contribution in [3.63, 3.8) is 0 Å². The van der Waals surface area contributed by atoms with E-state index in [4.69, 9.17) is 17.3 Å². The van der Waals surface area contributed by atoms with E-state index in [0.717, 1.165) is 25.0 Å². The van der Waals surface area contributed by atoms with Crippen LogP contribution in [-0.4, -0.2) is 38.8 Å². The maximum Gasteiger partial charge on any atom is 0.253 e. The number of nitrogens with zero attached hydrogens (tertiary/aromatic N) is 3. The van der Waals surface area contributed by atoms with Crippen LogP contribution in [0.5, 0.6) is 0 Å². The fraction of sp³-hybridized carbons (Fsp3) is 0.217. The molecule has 2 amide bonds. The van der Waals surface area contributed by atoms with Gasteiger partial charge in [0.15, 0.2) is 23.1 Å². The number of nitrogens with two attached hydrogens (primary N) is 1. The molecule has 2 heterocycles. The zero-order chi connectivity index (χ0) is 24.0. The number of primary amides is 1. The Morgan fingerprint density at radius 3 is 2.65 bits per heavy atom. The van der Waals surface area contributed by atoms with Crippen molar-refractivity contribution in [2.24, 2.45) is 5.73 Å². The molecule has 2 aromatic carbocycles. The third kappa shape index (κ3) is 4.12. The van der Waals surface area contributed by atoms with Crippen LogP contribution in [0.4, 0.5) is 14.6 Å². The van der Waals surface area contributed by atoms with Crippen LogP contribution in [0, 0.1) is 11.6 Å². The molecule has 1 aliphatic rings. The standard InChI is InChI=1S/C23H19ClF2N6O2/c24-14-7-11(1-4-13(14)23(34)30-12-2-3-12)19-10-29-22-21(28-6-5-20(27)33)31-17-8-15(25)16(26)9-18(17)32(19)22/h1,4,7-10,12H,2-3,5-6H2,(H2,27,33)(H,28,31)(H,30,34). The lowest BCUT2D eigenvalue weighted by Gasteiger charge is -2.12. The molecular weight excluding hydrogens is 466 g/mol. The summed E-state index contributed by atoms with van der Waals surface area (Å²) in [6.45, 7) is 0.187. The summed E-state index contributed by atoms with van der Waals surface area (Å²) in [5.41, 5.74) is 7.49. The predicted octanol–water partition coefficient (Wildman–Crippen LogP) is 3.66. The molecule has 4 N–H and O–H groups in total. The van der Waals surface area contributed by atoms with Crippen molar-refractivity contribution >= 4 is 45.9 Å². The van der Waals surface area contributed by atoms with Crippen LogP contribution in [0.1, 0.15) is 29.6 Å². The van der Waals surface area contributed by atoms with Crippen molar-refractivity contribution in [3.05, 3.63) is 58.7 Å². The second-order valence-electron chi connectivity index (χ2n) is 8.10. The molecule has 0 radical (unpaired) electrons. The minimum Gasteiger partial charge on any atom is -0.370 e. The van der Waals surface area contributed by atoms with Crippen molar-refractivity contribution in [2.45, 2.75) is 25.3 Å². The Balaban J connectivity index is 1.63. The Kier molecular flexibility index (Phi) is 5.52. The van der Waals surface area contributed by atoms with E-state index in [1.54, 1.807) is 28.8 Å². The number of imidazole rings is 1. The van der Waals surface area contributed by atoms with E-state index in [-0.39, 0.29) is 46.8 Å². The molecule has 1 saturated carbocycles. The van der Waals surface area contributed by atoms with Crippen molar-refractivity contribution in [1.82, 2.24) is 19.7 Å². The van der Waals surface area contributed by atoms with Gasteiger partial charge in [-0.15, -0.1) is 0 Å². The Morgan fingerprint density at radius 2 is 1.94 bits per heavy atom. The van der Waals surface area contributed by atoms with Gasteiger partial charge in [-0.25, -0.2) is 18.7 Å². The van der Waals surface area contributed by atoms with Gasteiger partial charge in [-0.2, -0.15) is 0 Å². The van der Waals surface area contributed by atoms with Gasteiger partial charge in [0.25, 0.3) is 5.91 Å². The molecule has 11 heteroatoms. The average Bonchev–Trinajstić information content (AvgIpc) is 3.48. The van der Waals surface area contributed by atoms with Gasteiger partial charge < -0.3 is 16.4 Å². The van der Waals surface area contributed by atoms with E-state index in [2.05, 4.69) is 20.6 Å². The summed E-state index contributed by atoms with van der Waals surface area (Å²) in [7, 11) is 0. The van der Waals surface area contributed by atoms with Crippen LogP contribution < -0.4 is 16.4 Å². The second-order valence-corrected chi connectivity index (χ2v) is 8.51. The number of rotatable bonds is 7. The van der Waals surface area contributed by atoms with Crippen LogP contribution in [-0.2, 0) is 4.79 Å². The van der Waals surface area contributed by atoms with Gasteiger partial charge in [-0.1, -0.05) is 17.7 Å². The first kappa shape index (κ1) is 22.0. The lowest BCUT2D eigenvalue weighted by molar-refractivity contribution is -0.117. The fourth-order valence-corrected chi connectivity index (χ4v) is 3.97. The normalized spacial score (nSPS) is 13.4. The topological polar surface area (TPSA) is 114 Å². The van der Waals surface area contributed by atoms with E-state index in [1.165, 1.54) is 0 Å². The zero-order valence-corrected chi connectivity index (χ0v) is 18.5. The molecule has 0 saturated heterocycles. The third-order valence-corrected chi connectivity index (χ3v) is 5.86. The molecule has 0 atom stereocenters. The van der Waals surface area contributed by atoms with E-state index in [1.807, 2.05) is 0 Å². The minimum atomic E-state index is -1.04. The Bertz CT molecular complexity index is 1470. The van der Waals surface area contributed by atoms with Crippen LogP contribution in [0.15, 0.2) is 36.5 Å². The molecule has 0 unspecified atom stereocenters. The van der Waals surface area contributed by atoms with Crippen LogP contribution >= 0.6 is 11.6 Å². The van der Waals surface area contributed by atoms with Crippen LogP contribution in [0.3, 0.4) is 0 Å². The Morgan fingerprint density at radius 1 is 1.18 bits per heavy atom. The summed E-state index contributed by atoms with van der Waals surface area (Å²) in [5.74, 6) is -2.54. The lowest BCUT2D eigenvalue weighted by atomic mass is 10.1. The predicted molar refractivity (Wildman–Crippen MR) is 124 cm³/mol. The highest BCUT2D eigenvalue weighted by Gasteiger charge is 2.25. The molecule has 174 valence electrons. The van der Waals surface area contributed by atoms with E-state index < -0.39 is 17.5 Å². The first-order valence-corrected chi connectivity index (χ1v) is 11.0. The molecule has 0 spiro atoms. The van der Waals surface area contributed by atoms with E-state index in [0.29, 0.717) is 22.5 Å². The van der Waals surface area contributed by atoms with Crippen LogP contribution in [0.2, 0.25) is 5.02 Å². The molecular formula is C23H19ClF2N6O2. The molecule has 8 nitrogen and oxygen atoms in total. The average molecular weight is 485 g/mol. The number of fused-ring (bicyclic) bond motifs is 3. The largest absolute Gasteiger partial charge is 0.370 e. The van der Waals surface area contributed by atoms with Crippen molar-refractivity contribution in [1.29, 1.82) is 0 Å². The molecule has 5 rings (SSSR count). The third-order valence-electron chi connectivity index (χ3n) is 5.55. The Hall–Kier alpha value is -3.79. The summed E-state index contributed by atoms with van der Waals surface area (Å²) in [6.07, 6.45) is 3.51. The number of hydrogen-bond donors (Lipinski definition) is 3. The number of amides is 2. The fourth-order valence-electron chi connectivity index (χ4n) is 3.70. The first-order valence-electron chi connectivity index (χ1n) is 10.6. The molecule has 0 aliphatic heterocycles. The second kappa shape index (κ2) is 8.53. The summed E-state index contributed by atoms with van der Waals surface area (Å²) < 4.78 is 29.8. The van der Waals surface area contributed by atoms with Gasteiger partial charge in [0, 0.05) is 36.7 Å². The van der Waals surface area contributed by atoms with E-state index >= 15 is 0 Å². The number of halogens is 3. The Labute approximate surface area is 197 Å². The maximum atomic E-state index is 14.2. The van der Waals surface area contributed by atoms with Gasteiger partial charge in [-0.3, -0.25) is 14.0 Å². The van der Waals surface area contributed by atoms with Gasteiger partial charge in [0.2, 0.25) is 5.91 Å². The van der Waals surface area contributed by atoms with Crippen molar-refractivity contribution in [2.75, 3.05) is 11.9 Å². The van der Waals surface area contributed by atoms with Crippen LogP contribution in [0.25, 0.3) is 27.9 Å². The van der Waals surface area contributed by atoms with Crippen molar-refractivity contribution in [3.8, 4) is 11.3 Å². The number of anilines is 1. The molecule has 4 aromatic rings. The molecule has 1 aliphatic carbocycles. The van der Waals surface area contributed by atoms with Gasteiger partial charge in [0.05, 0.1) is 33.5 Å². The number of carbonyl (C=O) groups is 2. The highest BCUT2D eigenvalue weighted by Crippen LogP contribution is 2.32. The number of hydrogen-bond acceptors (Lipinski definition) is 5. The summed E-state index contributed by atoms with van der Waals surface area (Å²) in [6, 6.07) is 7.18. The number of benzene rings is 2. The van der Waals surface area contributed by atoms with Gasteiger partial charge in [-0.05, 0) is 25.0 Å². The van der Waals surface area contributed by atoms with Gasteiger partial charge >= 0.3 is 0 Å². The molecule has 0 bridgehead atoms. The molecule has 2 aromatic heterocycles. The highest BCUT2D eigenvalue weighted by atomic mass is 35.5. The summed E-state index contributed by atoms with van der Waals surface area (Å²) >= 11 is 6.42. The lowest BCUT2D eigenvalue weighted by Crippen LogP contribution is -2.25. The van der Waals surface area contributed by atoms with Crippen molar-refractivity contribution < 1.29 is 18.4 Å². The first-order chi connectivity index (χ1) is 16.3. The number of nitrogens with one attached hydrogen (secondary N) is 2. The monoisotopic (exact) mass is 484 g/mol. The quantitative estimate of drug-likeness (QED) is 0.370. The smallest absolute Gasteiger partial charge is 0.253 e. The number of carbonyl (C=O) groups excluding carboxylic acids is 2. The van der Waals surface area contributed by atoms with E-state index in [9.17, 15) is 18.4 Å². The molecule has 34 heavy (non-hydrogen) atoms. The van der Waals surface area contributed by atoms with Gasteiger partial charge in [0.1, 0.15) is 0 Å². The minimum absolute atomic E-state index is 0.0528. The maximum absolute atomic E-state index is 14.2. The zero-order valence-electron chi connectivity index (χ0n) is 17.7. The number of aromatic nitrogens is 3. The molecule has 1 fully saturated rings. The summed E-state index contributed by atoms with van der Waals surface area (Å²) in [5, 5.41) is 6.13. The highest BCUT2D eigenvalue weighted by molar-refractivity contribution is 6.34.